The molecule has 0 bridgehead atoms. The van der Waals surface area contributed by atoms with Crippen LogP contribution in [-0.4, -0.2) is 206 Å². The molecule has 538 valence electrons. The Morgan fingerprint density at radius 3 is 1.22 bits per heavy atom. The fraction of sp³-hybridized carbons (Fsp3) is 0.500. The van der Waals surface area contributed by atoms with E-state index in [0.717, 1.165) is 56.4 Å². The van der Waals surface area contributed by atoms with Gasteiger partial charge in [0, 0.05) is 72.4 Å². The second kappa shape index (κ2) is 33.1. The third-order valence-corrected chi connectivity index (χ3v) is 17.1. The Kier molecular flexibility index (Phi) is 25.5. The number of amides is 4. The van der Waals surface area contributed by atoms with Crippen molar-refractivity contribution in [1.29, 1.82) is 0 Å². The van der Waals surface area contributed by atoms with Crippen LogP contribution < -0.4 is 49.4 Å². The van der Waals surface area contributed by atoms with Gasteiger partial charge < -0.3 is 102 Å². The van der Waals surface area contributed by atoms with E-state index < -0.39 is 59.2 Å². The predicted molar refractivity (Wildman–Crippen MR) is 361 cm³/mol. The maximum Gasteiger partial charge on any atom is 0.262 e. The number of rotatable bonds is 20. The van der Waals surface area contributed by atoms with Gasteiger partial charge in [-0.3, -0.25) is 29.1 Å². The number of hydrogen-bond acceptors (Lipinski definition) is 24. The van der Waals surface area contributed by atoms with E-state index in [-0.39, 0.29) is 49.3 Å². The fourth-order valence-corrected chi connectivity index (χ4v) is 12.0. The first-order valence-electron chi connectivity index (χ1n) is 32.2. The van der Waals surface area contributed by atoms with Crippen LogP contribution >= 0.6 is 0 Å². The van der Waals surface area contributed by atoms with Crippen LogP contribution in [0.3, 0.4) is 0 Å². The van der Waals surface area contributed by atoms with Gasteiger partial charge in [0.25, 0.3) is 11.8 Å². The molecule has 7 aliphatic rings. The number of likely N-dealkylation sites (tertiary alicyclic amines) is 2. The smallest absolute Gasteiger partial charge is 0.262 e. The van der Waals surface area contributed by atoms with Gasteiger partial charge in [-0.15, -0.1) is 0 Å². The van der Waals surface area contributed by atoms with E-state index in [0.29, 0.717) is 73.6 Å². The summed E-state index contributed by atoms with van der Waals surface area (Å²) < 4.78 is 86.7. The Morgan fingerprint density at radius 2 is 0.848 bits per heavy atom. The molecule has 0 unspecified atom stereocenters. The van der Waals surface area contributed by atoms with E-state index in [2.05, 4.69) is 4.99 Å². The number of β-lactam (4-membered cyclic amide) rings is 2. The minimum absolute atomic E-state index is 0.0887. The molecule has 0 radical (unpaired) electrons. The molecule has 8 atom stereocenters. The van der Waals surface area contributed by atoms with Crippen LogP contribution in [0.2, 0.25) is 0 Å². The van der Waals surface area contributed by atoms with Crippen LogP contribution in [0.4, 0.5) is 0 Å². The van der Waals surface area contributed by atoms with Crippen molar-refractivity contribution >= 4 is 36.1 Å². The minimum atomic E-state index is -0.973. The lowest BCUT2D eigenvalue weighted by atomic mass is 9.88. The van der Waals surface area contributed by atoms with E-state index in [1.54, 1.807) is 143 Å². The summed E-state index contributed by atoms with van der Waals surface area (Å²) in [5.41, 5.74) is 15.8. The van der Waals surface area contributed by atoms with Gasteiger partial charge in [-0.1, -0.05) is 18.2 Å². The van der Waals surface area contributed by atoms with Crippen LogP contribution in [0.5, 0.6) is 46.0 Å². The highest BCUT2D eigenvalue weighted by molar-refractivity contribution is 6.23. The lowest BCUT2D eigenvalue weighted by Crippen LogP contribution is -2.74. The van der Waals surface area contributed by atoms with E-state index in [9.17, 15) is 24.0 Å². The molecule has 5 aromatic carbocycles. The molecule has 0 aromatic heterocycles. The summed E-state index contributed by atoms with van der Waals surface area (Å²) in [6, 6.07) is 26.5. The number of benzene rings is 5. The molecule has 12 rings (SSSR count). The van der Waals surface area contributed by atoms with Gasteiger partial charge in [0.05, 0.1) is 113 Å². The number of aldehydes is 1. The van der Waals surface area contributed by atoms with E-state index >= 15 is 0 Å². The van der Waals surface area contributed by atoms with E-state index in [4.69, 9.17) is 87.3 Å². The largest absolute Gasteiger partial charge is 0.497 e. The predicted octanol–water partition coefficient (Wildman–Crippen LogP) is 7.05. The highest BCUT2D eigenvalue weighted by atomic mass is 16.8. The maximum atomic E-state index is 13.5. The maximum absolute atomic E-state index is 13.5. The zero-order chi connectivity index (χ0) is 72.1. The van der Waals surface area contributed by atoms with Crippen molar-refractivity contribution in [2.24, 2.45) is 16.5 Å². The lowest BCUT2D eigenvalue weighted by molar-refractivity contribution is -0.179. The monoisotopic (exact) mass is 1380 g/mol. The van der Waals surface area contributed by atoms with Gasteiger partial charge in [-0.05, 0) is 110 Å². The lowest BCUT2D eigenvalue weighted by Gasteiger charge is -2.51. The second-order valence-electron chi connectivity index (χ2n) is 25.4. The molecule has 7 heterocycles. The Labute approximate surface area is 577 Å². The molecule has 6 fully saturated rings. The van der Waals surface area contributed by atoms with Gasteiger partial charge in [0.15, 0.2) is 29.4 Å². The Balaban J connectivity index is 0.000000169. The number of ether oxygens (including phenoxy) is 16. The number of methoxy groups -OCH3 is 8. The number of fused-ring (bicyclic) bond motifs is 1. The van der Waals surface area contributed by atoms with E-state index in [1.807, 2.05) is 82.3 Å². The molecule has 7 aliphatic heterocycles. The molecular formula is C72H94N6O21. The molecule has 99 heavy (non-hydrogen) atoms. The van der Waals surface area contributed by atoms with Crippen molar-refractivity contribution in [3.8, 4) is 46.0 Å². The summed E-state index contributed by atoms with van der Waals surface area (Å²) in [5, 5.41) is 0. The van der Waals surface area contributed by atoms with Gasteiger partial charge in [0.2, 0.25) is 11.8 Å². The fourth-order valence-electron chi connectivity index (χ4n) is 12.0. The average molecular weight is 1380 g/mol. The zero-order valence-corrected chi connectivity index (χ0v) is 59.2. The molecule has 6 saturated heterocycles. The number of imide groups is 1. The summed E-state index contributed by atoms with van der Waals surface area (Å²) in [6.07, 6.45) is 1.37. The summed E-state index contributed by atoms with van der Waals surface area (Å²) in [7, 11) is 12.8. The topological polar surface area (TPSA) is 307 Å². The normalized spacial score (nSPS) is 24.1. The SMILES string of the molecule is CC1(C)OC[C@@H](C=O)O1.COc1ccc(CN)c(OC)c1.COc1ccc(CN2C(=O)[C@@H](N)[C@H]2[C@@H]2COC(C)(C)O2)c(OC)c1.COc1ccc(CN2C(=O)[C@@H](N3C(=O)c4ccccc4C3=O)[C@H]2[C@@H]2COC(C)(C)O2)c(OC)c1.COc1ccc(CN=C[C@@H]2COC(C)(C)O2)c(OC)c1. The molecule has 4 amide bonds. The van der Waals surface area contributed by atoms with E-state index in [1.165, 1.54) is 0 Å². The number of nitrogens with two attached hydrogens (primary N) is 2. The number of carbonyl (C=O) groups excluding carboxylic acids is 5. The van der Waals surface area contributed by atoms with Crippen LogP contribution in [0.15, 0.2) is 102 Å². The van der Waals surface area contributed by atoms with Crippen LogP contribution in [0.1, 0.15) is 98.4 Å². The third kappa shape index (κ3) is 18.5. The van der Waals surface area contributed by atoms with Crippen molar-refractivity contribution in [2.45, 2.75) is 153 Å². The van der Waals surface area contributed by atoms with Gasteiger partial charge in [-0.2, -0.15) is 0 Å². The first-order chi connectivity index (χ1) is 47.1. The highest BCUT2D eigenvalue weighted by Gasteiger charge is 2.61. The Hall–Kier alpha value is -8.48. The standard InChI is InChI=1S/C25H26N2O7.C17H24N2O5.C15H21NO4.C9H13NO2.C6H10O3/c1-25(2)33-13-19(34-25)20-21(27-22(28)16-7-5-6-8-17(16)23(27)29)24(30)26(20)12-14-9-10-15(31-3)11-18(14)32-4;1-17(2)23-9-13(24-17)15-14(18)16(20)19(15)8-10-5-6-11(21-3)7-12(10)22-4;1-15(2)19-10-13(20-15)9-16-8-11-5-6-12(17-3)7-14(11)18-4;1-11-8-4-3-7(6-10)9(5-8)12-2;1-6(2)8-4-5(3-7)9-6/h5-11,19-21H,12-13H2,1-4H3;5-7,13-15H,8-9,18H2,1-4H3;5-7,9,13H,8,10H2,1-4H3;3-5H,6,10H2,1-2H3;3,5H,4H2,1-2H3/t19-,20+,21-;13-,14-,15+;13-;;5-/m001.1/s1. The average Bonchev–Trinajstić information content (AvgIpc) is 1.68. The first-order valence-corrected chi connectivity index (χ1v) is 32.2. The van der Waals surface area contributed by atoms with Gasteiger partial charge >= 0.3 is 0 Å². The first kappa shape index (κ1) is 76.3. The molecule has 4 N–H and O–H groups in total. The van der Waals surface area contributed by atoms with Crippen molar-refractivity contribution in [3.63, 3.8) is 0 Å². The molecule has 5 aromatic rings. The summed E-state index contributed by atoms with van der Waals surface area (Å²) in [6.45, 7) is 17.9. The number of hydrogen-bond donors (Lipinski definition) is 2. The molecule has 0 spiro atoms. The molecule has 0 aliphatic carbocycles. The third-order valence-electron chi connectivity index (χ3n) is 17.1. The number of nitrogens with zero attached hydrogens (tertiary/aromatic N) is 4. The Morgan fingerprint density at radius 1 is 0.475 bits per heavy atom. The molecule has 27 nitrogen and oxygen atoms in total. The van der Waals surface area contributed by atoms with Crippen molar-refractivity contribution in [2.75, 3.05) is 83.3 Å². The van der Waals surface area contributed by atoms with Crippen molar-refractivity contribution in [3.05, 3.63) is 130 Å². The number of carbonyl (C=O) groups is 5. The van der Waals surface area contributed by atoms with Crippen molar-refractivity contribution in [1.82, 2.24) is 14.7 Å². The Bertz CT molecular complexity index is 3620. The van der Waals surface area contributed by atoms with Crippen molar-refractivity contribution < 1.29 is 99.8 Å². The molecule has 0 saturated carbocycles. The zero-order valence-electron chi connectivity index (χ0n) is 59.2. The molecular weight excluding hydrogens is 1280 g/mol. The molecule has 27 heteroatoms. The quantitative estimate of drug-likeness (QED) is 0.0341. The van der Waals surface area contributed by atoms with Gasteiger partial charge in [0.1, 0.15) is 82.5 Å². The summed E-state index contributed by atoms with van der Waals surface area (Å²) in [5.74, 6) is 1.74. The second-order valence-corrected chi connectivity index (χ2v) is 25.4. The highest BCUT2D eigenvalue weighted by Crippen LogP contribution is 2.41. The summed E-state index contributed by atoms with van der Waals surface area (Å²) >= 11 is 0. The minimum Gasteiger partial charge on any atom is -0.497 e. The van der Waals surface area contributed by atoms with Crippen LogP contribution in [0, 0.1) is 0 Å². The summed E-state index contributed by atoms with van der Waals surface area (Å²) in [4.78, 5) is 70.9. The van der Waals surface area contributed by atoms with Gasteiger partial charge in [-0.25, -0.2) is 0 Å². The number of aliphatic imine (C=N–C) groups is 1. The van der Waals surface area contributed by atoms with Crippen LogP contribution in [0.25, 0.3) is 0 Å². The van der Waals surface area contributed by atoms with Crippen LogP contribution in [-0.2, 0) is 78.5 Å².